The van der Waals surface area contributed by atoms with Crippen molar-refractivity contribution < 1.29 is 13.5 Å². The molecule has 1 aromatic heterocycles. The maximum atomic E-state index is 12.7. The lowest BCUT2D eigenvalue weighted by Crippen LogP contribution is -2.29. The molecule has 12 nitrogen and oxygen atoms in total. The highest BCUT2D eigenvalue weighted by molar-refractivity contribution is 7.98. The Balaban J connectivity index is 2.26. The third-order valence-electron chi connectivity index (χ3n) is 4.41. The number of hydrogen-bond donors (Lipinski definition) is 8. The number of benzene rings is 2. The number of aliphatic hydroxyl groups excluding tert-OH is 1. The van der Waals surface area contributed by atoms with E-state index in [2.05, 4.69) is 25.3 Å². The Hall–Kier alpha value is -2.72. The molecule has 0 aliphatic carbocycles. The van der Waals surface area contributed by atoms with E-state index in [4.69, 9.17) is 27.6 Å². The number of rotatable bonds is 9. The summed E-state index contributed by atoms with van der Waals surface area (Å²) in [5.74, 6) is 5.87. The first-order valence-electron chi connectivity index (χ1n) is 8.98. The number of nitrogens with one attached hydrogen (secondary N) is 3. The van der Waals surface area contributed by atoms with Crippen LogP contribution in [0.2, 0.25) is 0 Å². The predicted octanol–water partition coefficient (Wildman–Crippen LogP) is -0.991. The molecule has 0 spiro atoms. The molecule has 0 amide bonds. The molecular weight excluding hydrogens is 442 g/mol. The second-order valence-corrected chi connectivity index (χ2v) is 8.68. The van der Waals surface area contributed by atoms with Gasteiger partial charge in [-0.25, -0.2) is 29.5 Å². The molecular formula is C17H23N9O3S2. The number of hydrogen-bond acceptors (Lipinski definition) is 10. The monoisotopic (exact) mass is 465 g/mol. The van der Waals surface area contributed by atoms with Crippen LogP contribution in [-0.4, -0.2) is 42.5 Å². The van der Waals surface area contributed by atoms with Crippen LogP contribution in [0.3, 0.4) is 0 Å². The van der Waals surface area contributed by atoms with Crippen LogP contribution in [0.4, 0.5) is 0 Å². The van der Waals surface area contributed by atoms with Crippen LogP contribution in [0.25, 0.3) is 22.2 Å². The third-order valence-corrected chi connectivity index (χ3v) is 6.70. The van der Waals surface area contributed by atoms with Crippen molar-refractivity contribution in [2.45, 2.75) is 16.3 Å². The fourth-order valence-electron chi connectivity index (χ4n) is 3.10. The second kappa shape index (κ2) is 9.61. The van der Waals surface area contributed by atoms with Crippen molar-refractivity contribution in [2.24, 2.45) is 27.6 Å². The van der Waals surface area contributed by atoms with Gasteiger partial charge in [-0.2, -0.15) is 0 Å². The standard InChI is InChI=1S/C17H23N9O3S2/c18-8-14-23-11-3-1-9(7-12(11)24-14)10-2-4-13(31(28,29)22-5-6-27)16(30-21)15(10)17(19)25-26-20/h1-4,7,22,26-27H,5-6,8,18,20-21H2,(H2,19,25)(H,23,24). The number of nitrogens with two attached hydrogens (primary N) is 4. The number of nitrogens with zero attached hydrogens (tertiary/aromatic N) is 2. The van der Waals surface area contributed by atoms with Gasteiger partial charge < -0.3 is 21.6 Å². The number of aliphatic hydroxyl groups is 1. The van der Waals surface area contributed by atoms with Gasteiger partial charge in [0.25, 0.3) is 0 Å². The molecule has 166 valence electrons. The topological polar surface area (TPSA) is 224 Å². The van der Waals surface area contributed by atoms with E-state index in [0.29, 0.717) is 28.9 Å². The highest BCUT2D eigenvalue weighted by atomic mass is 32.2. The normalized spacial score (nSPS) is 12.5. The summed E-state index contributed by atoms with van der Waals surface area (Å²) in [5.41, 5.74) is 16.9. The molecule has 3 aromatic rings. The van der Waals surface area contributed by atoms with E-state index in [-0.39, 0.29) is 40.9 Å². The van der Waals surface area contributed by atoms with Gasteiger partial charge in [0, 0.05) is 12.1 Å². The van der Waals surface area contributed by atoms with Gasteiger partial charge in [0.15, 0.2) is 5.84 Å². The highest BCUT2D eigenvalue weighted by Gasteiger charge is 2.25. The quantitative estimate of drug-likeness (QED) is 0.0633. The van der Waals surface area contributed by atoms with Crippen molar-refractivity contribution >= 4 is 38.8 Å². The van der Waals surface area contributed by atoms with Gasteiger partial charge in [-0.05, 0) is 41.3 Å². The third kappa shape index (κ3) is 4.64. The zero-order valence-electron chi connectivity index (χ0n) is 16.3. The lowest BCUT2D eigenvalue weighted by atomic mass is 9.98. The largest absolute Gasteiger partial charge is 0.395 e. The Morgan fingerprint density at radius 2 is 2.06 bits per heavy atom. The molecule has 2 aromatic carbocycles. The van der Waals surface area contributed by atoms with Gasteiger partial charge in [-0.15, -0.1) is 5.10 Å². The maximum Gasteiger partial charge on any atom is 0.241 e. The van der Waals surface area contributed by atoms with Crippen LogP contribution in [0.5, 0.6) is 0 Å². The van der Waals surface area contributed by atoms with E-state index in [0.717, 1.165) is 11.0 Å². The number of amidine groups is 1. The van der Waals surface area contributed by atoms with Crippen LogP contribution in [-0.2, 0) is 16.6 Å². The molecule has 0 unspecified atom stereocenters. The average Bonchev–Trinajstić information content (AvgIpc) is 3.19. The second-order valence-electron chi connectivity index (χ2n) is 6.30. The van der Waals surface area contributed by atoms with Crippen molar-refractivity contribution in [2.75, 3.05) is 13.2 Å². The van der Waals surface area contributed by atoms with Crippen molar-refractivity contribution in [3.05, 3.63) is 41.7 Å². The number of aromatic nitrogens is 2. The number of imidazole rings is 1. The molecule has 0 fully saturated rings. The average molecular weight is 466 g/mol. The summed E-state index contributed by atoms with van der Waals surface area (Å²) in [5, 5.41) is 18.6. The first kappa shape index (κ1) is 23.0. The Labute approximate surface area is 182 Å². The van der Waals surface area contributed by atoms with Crippen LogP contribution < -0.4 is 32.7 Å². The van der Waals surface area contributed by atoms with E-state index < -0.39 is 10.0 Å². The number of hydrazone groups is 1. The van der Waals surface area contributed by atoms with Crippen LogP contribution >= 0.6 is 11.9 Å². The summed E-state index contributed by atoms with van der Waals surface area (Å²) < 4.78 is 27.7. The SMILES string of the molecule is NCc1nc2ccc(-c3ccc(S(=O)(=O)NCCO)c(SN)c3/C(N)=N/NN)cc2[nH]1. The fraction of sp³-hybridized carbons (Fsp3) is 0.176. The summed E-state index contributed by atoms with van der Waals surface area (Å²) >= 11 is 0.709. The van der Waals surface area contributed by atoms with Crippen molar-refractivity contribution in [3.8, 4) is 11.1 Å². The Kier molecular flexibility index (Phi) is 7.11. The summed E-state index contributed by atoms with van der Waals surface area (Å²) in [7, 11) is -3.97. The van der Waals surface area contributed by atoms with Gasteiger partial charge in [-0.3, -0.25) is 5.14 Å². The minimum atomic E-state index is -3.97. The number of H-pyrrole nitrogens is 1. The first-order chi connectivity index (χ1) is 14.9. The minimum absolute atomic E-state index is 0.0583. The van der Waals surface area contributed by atoms with E-state index >= 15 is 0 Å². The smallest absolute Gasteiger partial charge is 0.241 e. The van der Waals surface area contributed by atoms with Gasteiger partial charge in [0.1, 0.15) is 5.82 Å². The summed E-state index contributed by atoms with van der Waals surface area (Å²) in [4.78, 5) is 7.57. The lowest BCUT2D eigenvalue weighted by molar-refractivity contribution is 0.301. The molecule has 0 aliphatic heterocycles. The minimum Gasteiger partial charge on any atom is -0.395 e. The molecule has 0 bridgehead atoms. The van der Waals surface area contributed by atoms with E-state index in [1.54, 1.807) is 12.1 Å². The molecule has 0 saturated carbocycles. The van der Waals surface area contributed by atoms with Gasteiger partial charge in [0.2, 0.25) is 10.0 Å². The van der Waals surface area contributed by atoms with Crippen molar-refractivity contribution in [3.63, 3.8) is 0 Å². The Morgan fingerprint density at radius 3 is 2.71 bits per heavy atom. The highest BCUT2D eigenvalue weighted by Crippen LogP contribution is 2.35. The molecule has 3 rings (SSSR count). The molecule has 0 atom stereocenters. The van der Waals surface area contributed by atoms with Crippen LogP contribution in [0.15, 0.2) is 45.2 Å². The van der Waals surface area contributed by atoms with Gasteiger partial charge in [-0.1, -0.05) is 12.1 Å². The molecule has 0 aliphatic rings. The van der Waals surface area contributed by atoms with E-state index in [9.17, 15) is 8.42 Å². The lowest BCUT2D eigenvalue weighted by Gasteiger charge is -2.17. The molecule has 31 heavy (non-hydrogen) atoms. The van der Waals surface area contributed by atoms with Gasteiger partial charge in [0.05, 0.1) is 34.0 Å². The summed E-state index contributed by atoms with van der Waals surface area (Å²) in [6.45, 7) is -0.245. The van der Waals surface area contributed by atoms with Gasteiger partial charge >= 0.3 is 0 Å². The Bertz CT molecular complexity index is 1230. The fourth-order valence-corrected chi connectivity index (χ4v) is 5.20. The molecule has 12 N–H and O–H groups in total. The van der Waals surface area contributed by atoms with Crippen molar-refractivity contribution in [1.29, 1.82) is 0 Å². The maximum absolute atomic E-state index is 12.7. The number of fused-ring (bicyclic) bond motifs is 1. The van der Waals surface area contributed by atoms with Crippen LogP contribution in [0, 0.1) is 0 Å². The number of sulfonamides is 1. The van der Waals surface area contributed by atoms with E-state index in [1.165, 1.54) is 6.07 Å². The van der Waals surface area contributed by atoms with Crippen molar-refractivity contribution in [1.82, 2.24) is 20.2 Å². The summed E-state index contributed by atoms with van der Waals surface area (Å²) in [6, 6.07) is 8.48. The molecule has 0 saturated heterocycles. The van der Waals surface area contributed by atoms with E-state index in [1.807, 2.05) is 12.1 Å². The number of hydrazine groups is 1. The first-order valence-corrected chi connectivity index (χ1v) is 11.3. The zero-order chi connectivity index (χ0) is 22.6. The number of aromatic amines is 1. The Morgan fingerprint density at radius 1 is 1.29 bits per heavy atom. The summed E-state index contributed by atoms with van der Waals surface area (Å²) in [6.07, 6.45) is 0. The van der Waals surface area contributed by atoms with Crippen LogP contribution in [0.1, 0.15) is 11.4 Å². The predicted molar refractivity (Wildman–Crippen MR) is 120 cm³/mol. The zero-order valence-corrected chi connectivity index (χ0v) is 17.9. The molecule has 0 radical (unpaired) electrons. The molecule has 1 heterocycles. The molecule has 14 heteroatoms.